The molecule has 0 atom stereocenters. The molecule has 3 rings (SSSR count). The van der Waals surface area contributed by atoms with E-state index in [-0.39, 0.29) is 5.78 Å². The molecule has 0 bridgehead atoms. The summed E-state index contributed by atoms with van der Waals surface area (Å²) in [5.41, 5.74) is 2.41. The number of Topliss-reactive ketones (excluding diaryl/α,β-unsaturated/α-hetero) is 1. The lowest BCUT2D eigenvalue weighted by Gasteiger charge is -2.40. The van der Waals surface area contributed by atoms with Crippen LogP contribution in [-0.4, -0.2) is 18.9 Å². The maximum absolute atomic E-state index is 11.4. The molecule has 1 spiro atoms. The number of hydrogen-bond donors (Lipinski definition) is 0. The molecule has 0 amide bonds. The Labute approximate surface area is 126 Å². The highest BCUT2D eigenvalue weighted by Crippen LogP contribution is 2.47. The first-order chi connectivity index (χ1) is 9.60. The van der Waals surface area contributed by atoms with Crippen LogP contribution in [0.15, 0.2) is 18.2 Å². The summed E-state index contributed by atoms with van der Waals surface area (Å²) in [6.45, 7) is 3.77. The van der Waals surface area contributed by atoms with E-state index in [2.05, 4.69) is 4.90 Å². The van der Waals surface area contributed by atoms with E-state index in [0.29, 0.717) is 16.0 Å². The lowest BCUT2D eigenvalue weighted by Crippen LogP contribution is -2.39. The van der Waals surface area contributed by atoms with E-state index in [9.17, 15) is 4.79 Å². The molecule has 108 valence electrons. The van der Waals surface area contributed by atoms with Crippen LogP contribution in [0, 0.1) is 5.41 Å². The molecule has 1 aromatic rings. The van der Waals surface area contributed by atoms with Gasteiger partial charge >= 0.3 is 0 Å². The van der Waals surface area contributed by atoms with Gasteiger partial charge in [-0.15, -0.1) is 0 Å². The second-order valence-electron chi connectivity index (χ2n) is 6.42. The average Bonchev–Trinajstić information content (AvgIpc) is 2.88. The number of anilines is 1. The van der Waals surface area contributed by atoms with E-state index in [0.717, 1.165) is 18.8 Å². The molecule has 1 aromatic carbocycles. The standard InChI is InChI=1S/C17H22ClNO/c1-13(20)14-4-5-16(15(18)12-14)19-10-8-17(9-11-19)6-2-3-7-17/h4-5,12H,2-3,6-11H2,1H3. The zero-order valence-electron chi connectivity index (χ0n) is 12.1. The molecule has 0 unspecified atom stereocenters. The lowest BCUT2D eigenvalue weighted by atomic mass is 9.77. The second kappa shape index (κ2) is 5.40. The summed E-state index contributed by atoms with van der Waals surface area (Å²) < 4.78 is 0. The summed E-state index contributed by atoms with van der Waals surface area (Å²) in [7, 11) is 0. The number of ketones is 1. The molecule has 1 aliphatic carbocycles. The van der Waals surface area contributed by atoms with Crippen molar-refractivity contribution in [2.24, 2.45) is 5.41 Å². The molecule has 1 saturated carbocycles. The molecule has 0 N–H and O–H groups in total. The predicted octanol–water partition coefficient (Wildman–Crippen LogP) is 4.70. The van der Waals surface area contributed by atoms with Crippen LogP contribution in [0.25, 0.3) is 0 Å². The minimum Gasteiger partial charge on any atom is -0.370 e. The summed E-state index contributed by atoms with van der Waals surface area (Å²) in [5.74, 6) is 0.0713. The van der Waals surface area contributed by atoms with Gasteiger partial charge in [-0.05, 0) is 56.2 Å². The Hall–Kier alpha value is -1.02. The van der Waals surface area contributed by atoms with Crippen LogP contribution in [0.1, 0.15) is 55.8 Å². The molecule has 20 heavy (non-hydrogen) atoms. The van der Waals surface area contributed by atoms with Crippen LogP contribution >= 0.6 is 11.6 Å². The fourth-order valence-corrected chi connectivity index (χ4v) is 4.13. The molecule has 0 radical (unpaired) electrons. The summed E-state index contributed by atoms with van der Waals surface area (Å²) >= 11 is 6.36. The number of carbonyl (C=O) groups excluding carboxylic acids is 1. The smallest absolute Gasteiger partial charge is 0.159 e. The van der Waals surface area contributed by atoms with Crippen LogP contribution in [0.4, 0.5) is 5.69 Å². The van der Waals surface area contributed by atoms with E-state index in [4.69, 9.17) is 11.6 Å². The van der Waals surface area contributed by atoms with Gasteiger partial charge in [0.1, 0.15) is 0 Å². The molecule has 1 saturated heterocycles. The van der Waals surface area contributed by atoms with Gasteiger partial charge in [-0.2, -0.15) is 0 Å². The lowest BCUT2D eigenvalue weighted by molar-refractivity contribution is 0.101. The van der Waals surface area contributed by atoms with Crippen molar-refractivity contribution in [1.82, 2.24) is 0 Å². The van der Waals surface area contributed by atoms with Gasteiger partial charge in [0.15, 0.2) is 5.78 Å². The highest BCUT2D eigenvalue weighted by molar-refractivity contribution is 6.33. The third-order valence-corrected chi connectivity index (χ3v) is 5.49. The Morgan fingerprint density at radius 1 is 1.15 bits per heavy atom. The van der Waals surface area contributed by atoms with Crippen molar-refractivity contribution in [3.63, 3.8) is 0 Å². The molecule has 2 nitrogen and oxygen atoms in total. The normalized spacial score (nSPS) is 21.4. The number of rotatable bonds is 2. The monoisotopic (exact) mass is 291 g/mol. The molecule has 0 aromatic heterocycles. The van der Waals surface area contributed by atoms with E-state index >= 15 is 0 Å². The van der Waals surface area contributed by atoms with Crippen molar-refractivity contribution in [1.29, 1.82) is 0 Å². The molecule has 2 fully saturated rings. The number of halogens is 1. The van der Waals surface area contributed by atoms with E-state index in [1.807, 2.05) is 12.1 Å². The van der Waals surface area contributed by atoms with E-state index < -0.39 is 0 Å². The molecule has 1 heterocycles. The maximum atomic E-state index is 11.4. The first-order valence-electron chi connectivity index (χ1n) is 7.65. The van der Waals surface area contributed by atoms with E-state index in [1.165, 1.54) is 38.5 Å². The van der Waals surface area contributed by atoms with Crippen molar-refractivity contribution >= 4 is 23.1 Å². The van der Waals surface area contributed by atoms with Crippen molar-refractivity contribution < 1.29 is 4.79 Å². The molecular weight excluding hydrogens is 270 g/mol. The molecule has 2 aliphatic rings. The van der Waals surface area contributed by atoms with Crippen molar-refractivity contribution in [3.8, 4) is 0 Å². The number of piperidine rings is 1. The first-order valence-corrected chi connectivity index (χ1v) is 8.03. The van der Waals surface area contributed by atoms with Gasteiger partial charge < -0.3 is 4.90 Å². The van der Waals surface area contributed by atoms with Crippen LogP contribution in [0.2, 0.25) is 5.02 Å². The Morgan fingerprint density at radius 3 is 2.35 bits per heavy atom. The van der Waals surface area contributed by atoms with E-state index in [1.54, 1.807) is 13.0 Å². The third kappa shape index (κ3) is 2.58. The zero-order valence-corrected chi connectivity index (χ0v) is 12.9. The minimum atomic E-state index is 0.0713. The summed E-state index contributed by atoms with van der Waals surface area (Å²) in [4.78, 5) is 13.8. The second-order valence-corrected chi connectivity index (χ2v) is 6.82. The Morgan fingerprint density at radius 2 is 1.80 bits per heavy atom. The summed E-state index contributed by atoms with van der Waals surface area (Å²) in [5, 5.41) is 0.708. The van der Waals surface area contributed by atoms with Crippen LogP contribution in [-0.2, 0) is 0 Å². The fraction of sp³-hybridized carbons (Fsp3) is 0.588. The Balaban J connectivity index is 1.73. The van der Waals surface area contributed by atoms with Gasteiger partial charge in [0.05, 0.1) is 10.7 Å². The topological polar surface area (TPSA) is 20.3 Å². The number of nitrogens with zero attached hydrogens (tertiary/aromatic N) is 1. The molecule has 1 aliphatic heterocycles. The van der Waals surface area contributed by atoms with Crippen LogP contribution in [0.3, 0.4) is 0 Å². The quantitative estimate of drug-likeness (QED) is 0.736. The Kier molecular flexibility index (Phi) is 3.76. The maximum Gasteiger partial charge on any atom is 0.159 e. The molecular formula is C17H22ClNO. The van der Waals surface area contributed by atoms with Gasteiger partial charge in [-0.1, -0.05) is 24.4 Å². The van der Waals surface area contributed by atoms with Gasteiger partial charge in [0, 0.05) is 18.7 Å². The predicted molar refractivity (Wildman–Crippen MR) is 83.8 cm³/mol. The third-order valence-electron chi connectivity index (χ3n) is 5.18. The minimum absolute atomic E-state index is 0.0713. The van der Waals surface area contributed by atoms with Gasteiger partial charge in [-0.25, -0.2) is 0 Å². The van der Waals surface area contributed by atoms with Gasteiger partial charge in [0.25, 0.3) is 0 Å². The summed E-state index contributed by atoms with van der Waals surface area (Å²) in [6, 6.07) is 5.70. The van der Waals surface area contributed by atoms with Gasteiger partial charge in [0.2, 0.25) is 0 Å². The first kappa shape index (κ1) is 13.9. The largest absolute Gasteiger partial charge is 0.370 e. The van der Waals surface area contributed by atoms with Crippen LogP contribution in [0.5, 0.6) is 0 Å². The number of hydrogen-bond acceptors (Lipinski definition) is 2. The van der Waals surface area contributed by atoms with Crippen molar-refractivity contribution in [2.45, 2.75) is 45.4 Å². The average molecular weight is 292 g/mol. The van der Waals surface area contributed by atoms with Crippen molar-refractivity contribution in [3.05, 3.63) is 28.8 Å². The highest BCUT2D eigenvalue weighted by Gasteiger charge is 2.37. The number of benzene rings is 1. The molecule has 3 heteroatoms. The number of carbonyl (C=O) groups is 1. The van der Waals surface area contributed by atoms with Gasteiger partial charge in [-0.3, -0.25) is 4.79 Å². The van der Waals surface area contributed by atoms with Crippen molar-refractivity contribution in [2.75, 3.05) is 18.0 Å². The zero-order chi connectivity index (χ0) is 14.2. The SMILES string of the molecule is CC(=O)c1ccc(N2CCC3(CCCC3)CC2)c(Cl)c1. The Bertz CT molecular complexity index is 510. The fourth-order valence-electron chi connectivity index (χ4n) is 3.83. The van der Waals surface area contributed by atoms with Crippen LogP contribution < -0.4 is 4.90 Å². The summed E-state index contributed by atoms with van der Waals surface area (Å²) in [6.07, 6.45) is 8.23. The highest BCUT2D eigenvalue weighted by atomic mass is 35.5.